The lowest BCUT2D eigenvalue weighted by Crippen LogP contribution is -2.39. The van der Waals surface area contributed by atoms with E-state index in [1.54, 1.807) is 22.5 Å². The molecule has 24 heavy (non-hydrogen) atoms. The summed E-state index contributed by atoms with van der Waals surface area (Å²) >= 11 is 1.67. The highest BCUT2D eigenvalue weighted by Crippen LogP contribution is 2.31. The van der Waals surface area contributed by atoms with E-state index in [9.17, 15) is 4.79 Å². The first-order valence-corrected chi connectivity index (χ1v) is 9.60. The van der Waals surface area contributed by atoms with Crippen molar-refractivity contribution >= 4 is 17.6 Å². The molecule has 2 rings (SSSR count). The van der Waals surface area contributed by atoms with Crippen molar-refractivity contribution in [3.05, 3.63) is 22.7 Å². The molecule has 0 N–H and O–H groups in total. The van der Waals surface area contributed by atoms with Gasteiger partial charge in [0.25, 0.3) is 0 Å². The number of hydrogen-bond donors (Lipinski definition) is 0. The molecule has 136 valence electrons. The molecule has 1 aromatic rings. The van der Waals surface area contributed by atoms with Crippen LogP contribution in [0.4, 0.5) is 5.82 Å². The summed E-state index contributed by atoms with van der Waals surface area (Å²) in [5.41, 5.74) is -0.304. The maximum atomic E-state index is 12.5. The Labute approximate surface area is 148 Å². The SMILES string of the molecule is CC(C)OC[C@@H]1O[C@H](n2ccc(N(C(C)C)C(C)C)nc2=O)CS1. The second-order valence-electron chi connectivity index (χ2n) is 6.81. The lowest BCUT2D eigenvalue weighted by Gasteiger charge is -2.31. The van der Waals surface area contributed by atoms with Crippen molar-refractivity contribution in [3.63, 3.8) is 0 Å². The van der Waals surface area contributed by atoms with E-state index < -0.39 is 0 Å². The van der Waals surface area contributed by atoms with Crippen molar-refractivity contribution in [1.29, 1.82) is 0 Å². The summed E-state index contributed by atoms with van der Waals surface area (Å²) in [6.45, 7) is 12.9. The molecule has 2 atom stereocenters. The van der Waals surface area contributed by atoms with Crippen LogP contribution in [0.5, 0.6) is 0 Å². The monoisotopic (exact) mass is 355 g/mol. The molecule has 0 aliphatic carbocycles. The fraction of sp³-hybridized carbons (Fsp3) is 0.765. The third-order valence-corrected chi connectivity index (χ3v) is 4.90. The molecular weight excluding hydrogens is 326 g/mol. The minimum atomic E-state index is -0.281. The third kappa shape index (κ3) is 4.74. The summed E-state index contributed by atoms with van der Waals surface area (Å²) in [7, 11) is 0. The van der Waals surface area contributed by atoms with Crippen LogP contribution in [-0.2, 0) is 9.47 Å². The van der Waals surface area contributed by atoms with Gasteiger partial charge < -0.3 is 14.4 Å². The summed E-state index contributed by atoms with van der Waals surface area (Å²) in [4.78, 5) is 18.9. The molecule has 1 fully saturated rings. The summed E-state index contributed by atoms with van der Waals surface area (Å²) in [6.07, 6.45) is 1.69. The van der Waals surface area contributed by atoms with Crippen LogP contribution >= 0.6 is 11.8 Å². The fourth-order valence-electron chi connectivity index (χ4n) is 2.84. The second-order valence-corrected chi connectivity index (χ2v) is 8.00. The van der Waals surface area contributed by atoms with Crippen LogP contribution in [0.15, 0.2) is 17.1 Å². The standard InChI is InChI=1S/C17H29N3O3S/c1-11(2)20(12(3)4)14-7-8-19(17(21)18-14)15-10-24-16(23-15)9-22-13(5)6/h7-8,11-13,15-16H,9-10H2,1-6H3/t15-,16+/m0/s1. The van der Waals surface area contributed by atoms with Crippen LogP contribution in [0, 0.1) is 0 Å². The Morgan fingerprint density at radius 3 is 2.54 bits per heavy atom. The summed E-state index contributed by atoms with van der Waals surface area (Å²) < 4.78 is 13.1. The van der Waals surface area contributed by atoms with Gasteiger partial charge in [-0.3, -0.25) is 4.57 Å². The molecular formula is C17H29N3O3S. The van der Waals surface area contributed by atoms with E-state index in [-0.39, 0.29) is 35.5 Å². The maximum Gasteiger partial charge on any atom is 0.351 e. The topological polar surface area (TPSA) is 56.6 Å². The van der Waals surface area contributed by atoms with Gasteiger partial charge in [0.05, 0.1) is 12.7 Å². The molecule has 0 spiro atoms. The van der Waals surface area contributed by atoms with Gasteiger partial charge in [0.1, 0.15) is 17.5 Å². The largest absolute Gasteiger partial charge is 0.375 e. The number of ether oxygens (including phenoxy) is 2. The lowest BCUT2D eigenvalue weighted by atomic mass is 10.2. The van der Waals surface area contributed by atoms with Gasteiger partial charge in [0, 0.05) is 24.0 Å². The van der Waals surface area contributed by atoms with E-state index >= 15 is 0 Å². The highest BCUT2D eigenvalue weighted by molar-refractivity contribution is 8.00. The van der Waals surface area contributed by atoms with Gasteiger partial charge >= 0.3 is 5.69 Å². The molecule has 0 saturated carbocycles. The zero-order valence-corrected chi connectivity index (χ0v) is 16.2. The van der Waals surface area contributed by atoms with Crippen molar-refractivity contribution in [3.8, 4) is 0 Å². The van der Waals surface area contributed by atoms with Crippen LogP contribution in [-0.4, -0.2) is 45.5 Å². The average Bonchev–Trinajstić information content (AvgIpc) is 2.93. The van der Waals surface area contributed by atoms with Gasteiger partial charge in [-0.2, -0.15) is 4.98 Å². The second kappa shape index (κ2) is 8.36. The van der Waals surface area contributed by atoms with Gasteiger partial charge in [-0.05, 0) is 47.6 Å². The van der Waals surface area contributed by atoms with Crippen molar-refractivity contribution in [2.45, 2.75) is 71.4 Å². The molecule has 1 saturated heterocycles. The Hall–Kier alpha value is -1.05. The van der Waals surface area contributed by atoms with Crippen molar-refractivity contribution in [2.24, 2.45) is 0 Å². The first kappa shape index (κ1) is 19.3. The van der Waals surface area contributed by atoms with Crippen LogP contribution in [0.2, 0.25) is 0 Å². The number of nitrogens with zero attached hydrogens (tertiary/aromatic N) is 3. The average molecular weight is 356 g/mol. The highest BCUT2D eigenvalue weighted by atomic mass is 32.2. The number of anilines is 1. The van der Waals surface area contributed by atoms with E-state index in [0.717, 1.165) is 5.75 Å². The smallest absolute Gasteiger partial charge is 0.351 e. The van der Waals surface area contributed by atoms with E-state index in [4.69, 9.17) is 9.47 Å². The fourth-order valence-corrected chi connectivity index (χ4v) is 3.84. The number of hydrogen-bond acceptors (Lipinski definition) is 6. The van der Waals surface area contributed by atoms with Gasteiger partial charge in [-0.15, -0.1) is 11.8 Å². The Morgan fingerprint density at radius 2 is 2.00 bits per heavy atom. The van der Waals surface area contributed by atoms with Crippen LogP contribution in [0.1, 0.15) is 47.8 Å². The quantitative estimate of drug-likeness (QED) is 0.750. The van der Waals surface area contributed by atoms with E-state index in [1.165, 1.54) is 0 Å². The van der Waals surface area contributed by atoms with E-state index in [1.807, 2.05) is 19.9 Å². The molecule has 0 aromatic carbocycles. The molecule has 0 bridgehead atoms. The first-order valence-electron chi connectivity index (χ1n) is 8.55. The Morgan fingerprint density at radius 1 is 1.33 bits per heavy atom. The molecule has 1 aliphatic heterocycles. The Bertz CT molecular complexity index is 581. The zero-order chi connectivity index (χ0) is 17.9. The van der Waals surface area contributed by atoms with Crippen LogP contribution < -0.4 is 10.6 Å². The molecule has 1 aromatic heterocycles. The molecule has 6 nitrogen and oxygen atoms in total. The number of aromatic nitrogens is 2. The summed E-state index contributed by atoms with van der Waals surface area (Å²) in [5, 5.41) is 0. The lowest BCUT2D eigenvalue weighted by molar-refractivity contribution is -0.0377. The molecule has 7 heteroatoms. The minimum absolute atomic E-state index is 0.0354. The number of rotatable bonds is 7. The molecule has 0 amide bonds. The molecule has 1 aliphatic rings. The van der Waals surface area contributed by atoms with Gasteiger partial charge in [0.15, 0.2) is 0 Å². The van der Waals surface area contributed by atoms with Crippen molar-refractivity contribution in [1.82, 2.24) is 9.55 Å². The number of thioether (sulfide) groups is 1. The van der Waals surface area contributed by atoms with Crippen LogP contribution in [0.3, 0.4) is 0 Å². The molecule has 2 heterocycles. The maximum absolute atomic E-state index is 12.5. The third-order valence-electron chi connectivity index (χ3n) is 3.80. The summed E-state index contributed by atoms with van der Waals surface area (Å²) in [5.74, 6) is 1.44. The Kier molecular flexibility index (Phi) is 6.71. The normalized spacial score (nSPS) is 21.2. The van der Waals surface area contributed by atoms with Gasteiger partial charge in [0.2, 0.25) is 0 Å². The van der Waals surface area contributed by atoms with Crippen molar-refractivity contribution < 1.29 is 9.47 Å². The van der Waals surface area contributed by atoms with E-state index in [0.29, 0.717) is 12.4 Å². The molecule has 0 radical (unpaired) electrons. The predicted molar refractivity (Wildman–Crippen MR) is 98.7 cm³/mol. The minimum Gasteiger partial charge on any atom is -0.375 e. The zero-order valence-electron chi connectivity index (χ0n) is 15.4. The Balaban J connectivity index is 2.09. The van der Waals surface area contributed by atoms with Gasteiger partial charge in [-0.1, -0.05) is 0 Å². The first-order chi connectivity index (χ1) is 11.3. The van der Waals surface area contributed by atoms with Crippen molar-refractivity contribution in [2.75, 3.05) is 17.3 Å². The molecule has 0 unspecified atom stereocenters. The van der Waals surface area contributed by atoms with E-state index in [2.05, 4.69) is 37.6 Å². The van der Waals surface area contributed by atoms with Gasteiger partial charge in [-0.25, -0.2) is 4.79 Å². The highest BCUT2D eigenvalue weighted by Gasteiger charge is 2.29. The predicted octanol–water partition coefficient (Wildman–Crippen LogP) is 2.88. The summed E-state index contributed by atoms with van der Waals surface area (Å²) in [6, 6.07) is 2.46. The van der Waals surface area contributed by atoms with Crippen LogP contribution in [0.25, 0.3) is 0 Å².